The number of rotatable bonds is 5. The second-order valence-corrected chi connectivity index (χ2v) is 4.81. The van der Waals surface area contributed by atoms with Gasteiger partial charge in [-0.15, -0.1) is 0 Å². The number of hydrogen-bond acceptors (Lipinski definition) is 3. The maximum atomic E-state index is 13.7. The lowest BCUT2D eigenvalue weighted by Crippen LogP contribution is -2.04. The van der Waals surface area contributed by atoms with Crippen LogP contribution in [0.25, 0.3) is 11.4 Å². The Bertz CT molecular complexity index is 572. The van der Waals surface area contributed by atoms with Crippen LogP contribution >= 0.6 is 0 Å². The van der Waals surface area contributed by atoms with E-state index in [2.05, 4.69) is 22.2 Å². The highest BCUT2D eigenvalue weighted by Crippen LogP contribution is 2.21. The van der Waals surface area contributed by atoms with Crippen LogP contribution in [0.5, 0.6) is 0 Å². The van der Waals surface area contributed by atoms with Crippen LogP contribution in [0.4, 0.5) is 10.2 Å². The molecular weight excluding hydrogens is 253 g/mol. The molecule has 0 aliphatic carbocycles. The third kappa shape index (κ3) is 3.32. The van der Waals surface area contributed by atoms with Gasteiger partial charge in [0.05, 0.1) is 0 Å². The topological polar surface area (TPSA) is 37.8 Å². The molecule has 1 aromatic carbocycles. The van der Waals surface area contributed by atoms with Crippen LogP contribution in [-0.2, 0) is 6.42 Å². The first-order chi connectivity index (χ1) is 9.63. The van der Waals surface area contributed by atoms with Gasteiger partial charge in [-0.05, 0) is 31.9 Å². The van der Waals surface area contributed by atoms with E-state index >= 15 is 0 Å². The van der Waals surface area contributed by atoms with Crippen LogP contribution in [0.2, 0.25) is 0 Å². The Morgan fingerprint density at radius 3 is 2.60 bits per heavy atom. The van der Waals surface area contributed by atoms with Crippen molar-refractivity contribution < 1.29 is 4.39 Å². The molecule has 0 radical (unpaired) electrons. The van der Waals surface area contributed by atoms with Gasteiger partial charge in [0, 0.05) is 23.9 Å². The average Bonchev–Trinajstić information content (AvgIpc) is 2.42. The summed E-state index contributed by atoms with van der Waals surface area (Å²) in [6.07, 6.45) is 1.91. The molecule has 2 aromatic rings. The Hall–Kier alpha value is -1.97. The van der Waals surface area contributed by atoms with E-state index in [1.165, 1.54) is 6.07 Å². The molecule has 0 aliphatic rings. The third-order valence-corrected chi connectivity index (χ3v) is 3.07. The molecule has 2 rings (SSSR count). The lowest BCUT2D eigenvalue weighted by atomic mass is 10.1. The molecule has 0 amide bonds. The fourth-order valence-corrected chi connectivity index (χ4v) is 2.01. The Morgan fingerprint density at radius 1 is 1.15 bits per heavy atom. The van der Waals surface area contributed by atoms with Crippen molar-refractivity contribution in [1.29, 1.82) is 0 Å². The smallest absolute Gasteiger partial charge is 0.161 e. The van der Waals surface area contributed by atoms with Gasteiger partial charge in [0.15, 0.2) is 5.82 Å². The zero-order valence-electron chi connectivity index (χ0n) is 12.2. The molecule has 1 heterocycles. The maximum Gasteiger partial charge on any atom is 0.161 e. The second-order valence-electron chi connectivity index (χ2n) is 4.81. The summed E-state index contributed by atoms with van der Waals surface area (Å²) < 4.78 is 13.7. The van der Waals surface area contributed by atoms with Crippen molar-refractivity contribution in [2.45, 2.75) is 33.6 Å². The van der Waals surface area contributed by atoms with E-state index in [1.807, 2.05) is 19.1 Å². The first kappa shape index (κ1) is 14.4. The monoisotopic (exact) mass is 273 g/mol. The molecule has 3 nitrogen and oxygen atoms in total. The summed E-state index contributed by atoms with van der Waals surface area (Å²) in [7, 11) is 0. The summed E-state index contributed by atoms with van der Waals surface area (Å²) in [5, 5.41) is 3.20. The summed E-state index contributed by atoms with van der Waals surface area (Å²) in [4.78, 5) is 8.99. The zero-order valence-corrected chi connectivity index (χ0v) is 12.2. The normalized spacial score (nSPS) is 10.6. The second kappa shape index (κ2) is 6.46. The highest BCUT2D eigenvalue weighted by molar-refractivity contribution is 5.58. The number of nitrogens with zero attached hydrogens (tertiary/aromatic N) is 2. The van der Waals surface area contributed by atoms with Crippen molar-refractivity contribution in [2.75, 3.05) is 11.9 Å². The molecule has 0 atom stereocenters. The molecule has 1 aromatic heterocycles. The van der Waals surface area contributed by atoms with E-state index in [4.69, 9.17) is 0 Å². The quantitative estimate of drug-likeness (QED) is 0.895. The highest BCUT2D eigenvalue weighted by atomic mass is 19.1. The van der Waals surface area contributed by atoms with Gasteiger partial charge in [-0.25, -0.2) is 14.4 Å². The Labute approximate surface area is 119 Å². The largest absolute Gasteiger partial charge is 0.370 e. The predicted octanol–water partition coefficient (Wildman–Crippen LogP) is 3.98. The van der Waals surface area contributed by atoms with Crippen molar-refractivity contribution in [2.24, 2.45) is 0 Å². The number of hydrogen-bond donors (Lipinski definition) is 1. The molecule has 0 spiro atoms. The fourth-order valence-electron chi connectivity index (χ4n) is 2.01. The van der Waals surface area contributed by atoms with Gasteiger partial charge in [-0.3, -0.25) is 0 Å². The summed E-state index contributed by atoms with van der Waals surface area (Å²) >= 11 is 0. The maximum absolute atomic E-state index is 13.7. The Morgan fingerprint density at radius 2 is 1.95 bits per heavy atom. The predicted molar refractivity (Wildman–Crippen MR) is 80.3 cm³/mol. The number of nitrogens with one attached hydrogen (secondary N) is 1. The van der Waals surface area contributed by atoms with Gasteiger partial charge in [0.25, 0.3) is 0 Å². The molecule has 0 fully saturated rings. The SMILES string of the molecule is CCCc1cc(NCC)nc(-c2ccc(C)c(F)c2)n1. The van der Waals surface area contributed by atoms with Crippen LogP contribution < -0.4 is 5.32 Å². The Kier molecular flexibility index (Phi) is 4.66. The number of aromatic nitrogens is 2. The van der Waals surface area contributed by atoms with Gasteiger partial charge < -0.3 is 5.32 Å². The first-order valence-electron chi connectivity index (χ1n) is 7.02. The number of anilines is 1. The number of aryl methyl sites for hydroxylation is 2. The van der Waals surface area contributed by atoms with E-state index in [1.54, 1.807) is 13.0 Å². The minimum Gasteiger partial charge on any atom is -0.370 e. The van der Waals surface area contributed by atoms with Crippen LogP contribution in [0, 0.1) is 12.7 Å². The molecule has 4 heteroatoms. The highest BCUT2D eigenvalue weighted by Gasteiger charge is 2.08. The molecule has 0 aliphatic heterocycles. The van der Waals surface area contributed by atoms with Crippen molar-refractivity contribution in [3.63, 3.8) is 0 Å². The van der Waals surface area contributed by atoms with E-state index in [0.717, 1.165) is 30.9 Å². The van der Waals surface area contributed by atoms with Crippen molar-refractivity contribution in [1.82, 2.24) is 9.97 Å². The van der Waals surface area contributed by atoms with Crippen LogP contribution in [0.3, 0.4) is 0 Å². The van der Waals surface area contributed by atoms with Crippen molar-refractivity contribution in [3.05, 3.63) is 41.3 Å². The van der Waals surface area contributed by atoms with Crippen molar-refractivity contribution >= 4 is 5.82 Å². The van der Waals surface area contributed by atoms with Crippen LogP contribution in [-0.4, -0.2) is 16.5 Å². The molecule has 20 heavy (non-hydrogen) atoms. The summed E-state index contributed by atoms with van der Waals surface area (Å²) in [5.41, 5.74) is 2.32. The first-order valence-corrected chi connectivity index (χ1v) is 7.02. The van der Waals surface area contributed by atoms with E-state index in [0.29, 0.717) is 17.0 Å². The molecule has 0 bridgehead atoms. The summed E-state index contributed by atoms with van der Waals surface area (Å²) in [6, 6.07) is 7.07. The van der Waals surface area contributed by atoms with Crippen molar-refractivity contribution in [3.8, 4) is 11.4 Å². The molecular formula is C16H20FN3. The average molecular weight is 273 g/mol. The molecule has 0 unspecified atom stereocenters. The lowest BCUT2D eigenvalue weighted by Gasteiger charge is -2.09. The summed E-state index contributed by atoms with van der Waals surface area (Å²) in [5.74, 6) is 1.14. The Balaban J connectivity index is 2.45. The van der Waals surface area contributed by atoms with Gasteiger partial charge in [0.1, 0.15) is 11.6 Å². The van der Waals surface area contributed by atoms with E-state index < -0.39 is 0 Å². The lowest BCUT2D eigenvalue weighted by molar-refractivity contribution is 0.619. The minimum atomic E-state index is -0.225. The van der Waals surface area contributed by atoms with E-state index in [-0.39, 0.29) is 5.82 Å². The molecule has 1 N–H and O–H groups in total. The standard InChI is InChI=1S/C16H20FN3/c1-4-6-13-10-15(18-5-2)20-16(19-13)12-8-7-11(3)14(17)9-12/h7-10H,4-6H2,1-3H3,(H,18,19,20). The van der Waals surface area contributed by atoms with Gasteiger partial charge >= 0.3 is 0 Å². The van der Waals surface area contributed by atoms with Crippen LogP contribution in [0.15, 0.2) is 24.3 Å². The number of benzene rings is 1. The van der Waals surface area contributed by atoms with E-state index in [9.17, 15) is 4.39 Å². The fraction of sp³-hybridized carbons (Fsp3) is 0.375. The summed E-state index contributed by atoms with van der Waals surface area (Å²) in [6.45, 7) is 6.68. The zero-order chi connectivity index (χ0) is 14.5. The van der Waals surface area contributed by atoms with Crippen LogP contribution in [0.1, 0.15) is 31.5 Å². The molecule has 0 saturated heterocycles. The third-order valence-electron chi connectivity index (χ3n) is 3.07. The van der Waals surface area contributed by atoms with Gasteiger partial charge in [0.2, 0.25) is 0 Å². The van der Waals surface area contributed by atoms with Gasteiger partial charge in [-0.1, -0.05) is 25.5 Å². The molecule has 0 saturated carbocycles. The molecule has 106 valence electrons. The van der Waals surface area contributed by atoms with Gasteiger partial charge in [-0.2, -0.15) is 0 Å². The minimum absolute atomic E-state index is 0.225. The number of halogens is 1.